The van der Waals surface area contributed by atoms with Crippen molar-refractivity contribution in [1.82, 2.24) is 0 Å². The van der Waals surface area contributed by atoms with Gasteiger partial charge in [-0.1, -0.05) is 31.4 Å². The quantitative estimate of drug-likeness (QED) is 0.890. The van der Waals surface area contributed by atoms with Gasteiger partial charge >= 0.3 is 0 Å². The molecule has 0 radical (unpaired) electrons. The van der Waals surface area contributed by atoms with E-state index in [0.717, 1.165) is 25.7 Å². The van der Waals surface area contributed by atoms with Crippen LogP contribution in [-0.2, 0) is 0 Å². The Kier molecular flexibility index (Phi) is 4.49. The van der Waals surface area contributed by atoms with Crippen LogP contribution < -0.4 is 5.73 Å². The summed E-state index contributed by atoms with van der Waals surface area (Å²) in [5.74, 6) is 0.0946. The fourth-order valence-corrected chi connectivity index (χ4v) is 3.48. The first-order chi connectivity index (χ1) is 8.98. The van der Waals surface area contributed by atoms with Crippen LogP contribution in [0.25, 0.3) is 0 Å². The summed E-state index contributed by atoms with van der Waals surface area (Å²) in [7, 11) is 0. The molecule has 0 heterocycles. The van der Waals surface area contributed by atoms with Gasteiger partial charge in [0, 0.05) is 22.5 Å². The molecule has 1 saturated carbocycles. The highest BCUT2D eigenvalue weighted by molar-refractivity contribution is 6.30. The largest absolute Gasteiger partial charge is 0.388 e. The highest BCUT2D eigenvalue weighted by Gasteiger charge is 2.41. The lowest BCUT2D eigenvalue weighted by Gasteiger charge is -2.43. The van der Waals surface area contributed by atoms with E-state index in [4.69, 9.17) is 17.3 Å². The third-order valence-corrected chi connectivity index (χ3v) is 4.60. The van der Waals surface area contributed by atoms with Crippen molar-refractivity contribution in [3.05, 3.63) is 34.6 Å². The van der Waals surface area contributed by atoms with Crippen molar-refractivity contribution in [2.45, 2.75) is 38.7 Å². The van der Waals surface area contributed by atoms with Crippen molar-refractivity contribution < 1.29 is 9.50 Å². The summed E-state index contributed by atoms with van der Waals surface area (Å²) in [5.41, 5.74) is 5.75. The van der Waals surface area contributed by atoms with E-state index >= 15 is 0 Å². The molecule has 2 rings (SSSR count). The highest BCUT2D eigenvalue weighted by Crippen LogP contribution is 2.47. The topological polar surface area (TPSA) is 46.2 Å². The number of hydrogen-bond acceptors (Lipinski definition) is 2. The van der Waals surface area contributed by atoms with Gasteiger partial charge in [0.05, 0.1) is 6.10 Å². The minimum atomic E-state index is -0.890. The van der Waals surface area contributed by atoms with Gasteiger partial charge in [-0.2, -0.15) is 0 Å². The van der Waals surface area contributed by atoms with E-state index in [0.29, 0.717) is 17.5 Å². The Morgan fingerprint density at radius 2 is 2.32 bits per heavy atom. The lowest BCUT2D eigenvalue weighted by molar-refractivity contribution is -0.0150. The third-order valence-electron chi connectivity index (χ3n) is 4.37. The molecule has 3 unspecified atom stereocenters. The fourth-order valence-electron chi connectivity index (χ4n) is 3.30. The van der Waals surface area contributed by atoms with Crippen LogP contribution in [0.15, 0.2) is 18.2 Å². The van der Waals surface area contributed by atoms with Crippen molar-refractivity contribution in [3.8, 4) is 0 Å². The Bertz CT molecular complexity index is 454. The lowest BCUT2D eigenvalue weighted by atomic mass is 9.65. The molecule has 1 aliphatic rings. The molecule has 4 heteroatoms. The van der Waals surface area contributed by atoms with Crippen LogP contribution in [0.5, 0.6) is 0 Å². The van der Waals surface area contributed by atoms with Gasteiger partial charge in [0.1, 0.15) is 5.82 Å². The minimum Gasteiger partial charge on any atom is -0.388 e. The Balaban J connectivity index is 2.34. The van der Waals surface area contributed by atoms with E-state index in [-0.39, 0.29) is 5.56 Å². The zero-order valence-electron chi connectivity index (χ0n) is 11.2. The normalized spacial score (nSPS) is 29.2. The molecule has 1 aromatic rings. The molecule has 0 bridgehead atoms. The lowest BCUT2D eigenvalue weighted by Crippen LogP contribution is -2.41. The maximum absolute atomic E-state index is 13.9. The molecular weight excluding hydrogens is 265 g/mol. The van der Waals surface area contributed by atoms with Gasteiger partial charge in [-0.25, -0.2) is 4.39 Å². The zero-order valence-corrected chi connectivity index (χ0v) is 12.0. The minimum absolute atomic E-state index is 0.270. The predicted molar refractivity (Wildman–Crippen MR) is 75.5 cm³/mol. The molecule has 0 spiro atoms. The second-order valence-electron chi connectivity index (χ2n) is 5.84. The van der Waals surface area contributed by atoms with Crippen molar-refractivity contribution in [2.24, 2.45) is 17.1 Å². The van der Waals surface area contributed by atoms with Gasteiger partial charge in [-0.05, 0) is 37.0 Å². The molecule has 0 aromatic heterocycles. The molecule has 2 nitrogen and oxygen atoms in total. The number of hydrogen-bond donors (Lipinski definition) is 2. The van der Waals surface area contributed by atoms with Gasteiger partial charge in [0.25, 0.3) is 0 Å². The van der Waals surface area contributed by atoms with Crippen LogP contribution in [0.3, 0.4) is 0 Å². The molecular formula is C15H21ClFNO. The Morgan fingerprint density at radius 3 is 2.95 bits per heavy atom. The summed E-state index contributed by atoms with van der Waals surface area (Å²) < 4.78 is 13.9. The molecule has 1 aromatic carbocycles. The van der Waals surface area contributed by atoms with Gasteiger partial charge < -0.3 is 10.8 Å². The summed E-state index contributed by atoms with van der Waals surface area (Å²) in [6, 6.07) is 4.31. The van der Waals surface area contributed by atoms with Crippen LogP contribution in [0, 0.1) is 17.2 Å². The molecule has 1 fully saturated rings. The van der Waals surface area contributed by atoms with Gasteiger partial charge in [0.2, 0.25) is 0 Å². The van der Waals surface area contributed by atoms with Crippen LogP contribution >= 0.6 is 11.6 Å². The molecule has 1 aliphatic carbocycles. The molecule has 19 heavy (non-hydrogen) atoms. The third kappa shape index (κ3) is 2.93. The first-order valence-electron chi connectivity index (χ1n) is 6.81. The molecule has 0 saturated heterocycles. The second kappa shape index (κ2) is 5.78. The number of benzene rings is 1. The predicted octanol–water partition coefficient (Wildman–Crippen LogP) is 3.67. The van der Waals surface area contributed by atoms with Crippen molar-refractivity contribution in [3.63, 3.8) is 0 Å². The Labute approximate surface area is 118 Å². The molecule has 0 aliphatic heterocycles. The van der Waals surface area contributed by atoms with Gasteiger partial charge in [-0.3, -0.25) is 0 Å². The van der Waals surface area contributed by atoms with Crippen LogP contribution in [-0.4, -0.2) is 11.7 Å². The number of halogens is 2. The summed E-state index contributed by atoms with van der Waals surface area (Å²) >= 11 is 5.91. The van der Waals surface area contributed by atoms with Gasteiger partial charge in [0.15, 0.2) is 0 Å². The Morgan fingerprint density at radius 1 is 1.58 bits per heavy atom. The smallest absolute Gasteiger partial charge is 0.129 e. The van der Waals surface area contributed by atoms with Crippen LogP contribution in [0.2, 0.25) is 5.02 Å². The van der Waals surface area contributed by atoms with E-state index < -0.39 is 17.3 Å². The maximum atomic E-state index is 13.9. The van der Waals surface area contributed by atoms with Crippen molar-refractivity contribution in [1.29, 1.82) is 0 Å². The standard InChI is InChI=1S/C15H21ClFNO/c1-10-3-2-6-15(8-10,9-18)14(19)12-7-11(16)4-5-13(12)17/h4-5,7,10,14,19H,2-3,6,8-9,18H2,1H3. The van der Waals surface area contributed by atoms with Crippen LogP contribution in [0.1, 0.15) is 44.3 Å². The first kappa shape index (κ1) is 14.8. The van der Waals surface area contributed by atoms with E-state index in [1.54, 1.807) is 0 Å². The van der Waals surface area contributed by atoms with E-state index in [9.17, 15) is 9.50 Å². The zero-order chi connectivity index (χ0) is 14.0. The van der Waals surface area contributed by atoms with Crippen molar-refractivity contribution >= 4 is 11.6 Å². The van der Waals surface area contributed by atoms with E-state index in [2.05, 4.69) is 6.92 Å². The molecule has 0 amide bonds. The summed E-state index contributed by atoms with van der Waals surface area (Å²) in [6.45, 7) is 2.52. The fraction of sp³-hybridized carbons (Fsp3) is 0.600. The molecule has 3 N–H and O–H groups in total. The summed E-state index contributed by atoms with van der Waals surface area (Å²) in [6.07, 6.45) is 2.95. The summed E-state index contributed by atoms with van der Waals surface area (Å²) in [5, 5.41) is 11.1. The average Bonchev–Trinajstić information content (AvgIpc) is 2.40. The van der Waals surface area contributed by atoms with Crippen molar-refractivity contribution in [2.75, 3.05) is 6.54 Å². The van der Waals surface area contributed by atoms with E-state index in [1.165, 1.54) is 18.2 Å². The number of aliphatic hydroxyl groups excluding tert-OH is 1. The maximum Gasteiger partial charge on any atom is 0.129 e. The molecule has 106 valence electrons. The second-order valence-corrected chi connectivity index (χ2v) is 6.27. The first-order valence-corrected chi connectivity index (χ1v) is 7.19. The van der Waals surface area contributed by atoms with Crippen LogP contribution in [0.4, 0.5) is 4.39 Å². The molecule has 3 atom stereocenters. The Hall–Kier alpha value is -0.640. The number of rotatable bonds is 3. The van der Waals surface area contributed by atoms with E-state index in [1.807, 2.05) is 0 Å². The SMILES string of the molecule is CC1CCCC(CN)(C(O)c2cc(Cl)ccc2F)C1. The highest BCUT2D eigenvalue weighted by atomic mass is 35.5. The summed E-state index contributed by atoms with van der Waals surface area (Å²) in [4.78, 5) is 0. The number of aliphatic hydroxyl groups is 1. The monoisotopic (exact) mass is 285 g/mol. The van der Waals surface area contributed by atoms with Gasteiger partial charge in [-0.15, -0.1) is 0 Å². The number of nitrogens with two attached hydrogens (primary N) is 1. The average molecular weight is 286 g/mol.